The minimum atomic E-state index is -0.358. The monoisotopic (exact) mass is 247 g/mol. The Labute approximate surface area is 105 Å². The Balaban J connectivity index is 2.99. The van der Waals surface area contributed by atoms with E-state index in [1.807, 2.05) is 0 Å². The van der Waals surface area contributed by atoms with Gasteiger partial charge in [0.05, 0.1) is 0 Å². The second-order valence-corrected chi connectivity index (χ2v) is 3.79. The van der Waals surface area contributed by atoms with Crippen molar-refractivity contribution >= 4 is 18.4 Å². The van der Waals surface area contributed by atoms with Crippen LogP contribution < -0.4 is 4.90 Å². The molecule has 1 rings (SSSR count). The van der Waals surface area contributed by atoms with Crippen LogP contribution in [0.25, 0.3) is 0 Å². The SMILES string of the molecule is C/C(=C/C=C(\C)C=O)N(C=O)c1ccc(F)cc1. The first-order chi connectivity index (χ1) is 8.58. The van der Waals surface area contributed by atoms with E-state index in [1.165, 1.54) is 29.2 Å². The summed E-state index contributed by atoms with van der Waals surface area (Å²) in [6.45, 7) is 3.40. The van der Waals surface area contributed by atoms with Gasteiger partial charge in [0.2, 0.25) is 6.41 Å². The molecule has 0 spiro atoms. The summed E-state index contributed by atoms with van der Waals surface area (Å²) in [6, 6.07) is 5.59. The van der Waals surface area contributed by atoms with Gasteiger partial charge in [0.25, 0.3) is 0 Å². The molecule has 0 saturated heterocycles. The molecular formula is C14H14FNO2. The van der Waals surface area contributed by atoms with Gasteiger partial charge in [-0.05, 0) is 49.8 Å². The summed E-state index contributed by atoms with van der Waals surface area (Å²) in [7, 11) is 0. The molecule has 3 nitrogen and oxygen atoms in total. The first-order valence-electron chi connectivity index (χ1n) is 5.39. The van der Waals surface area contributed by atoms with E-state index in [-0.39, 0.29) is 5.82 Å². The average Bonchev–Trinajstić information content (AvgIpc) is 2.39. The molecule has 0 heterocycles. The van der Waals surface area contributed by atoms with Crippen LogP contribution in [0.15, 0.2) is 47.7 Å². The van der Waals surface area contributed by atoms with E-state index in [0.717, 1.165) is 6.29 Å². The molecule has 1 aromatic carbocycles. The number of aldehydes is 1. The highest BCUT2D eigenvalue weighted by molar-refractivity contribution is 5.80. The lowest BCUT2D eigenvalue weighted by molar-refractivity contribution is -0.107. The first kappa shape index (κ1) is 13.8. The minimum absolute atomic E-state index is 0.358. The van der Waals surface area contributed by atoms with Gasteiger partial charge in [0.1, 0.15) is 12.1 Å². The third-order valence-corrected chi connectivity index (χ3v) is 2.36. The Morgan fingerprint density at radius 2 is 1.72 bits per heavy atom. The molecule has 0 aliphatic carbocycles. The number of allylic oxidation sites excluding steroid dienone is 4. The molecule has 0 atom stereocenters. The lowest BCUT2D eigenvalue weighted by Gasteiger charge is -2.17. The van der Waals surface area contributed by atoms with Crippen LogP contribution in [-0.4, -0.2) is 12.7 Å². The van der Waals surface area contributed by atoms with Crippen LogP contribution in [0, 0.1) is 5.82 Å². The number of halogens is 1. The molecule has 1 aromatic rings. The maximum Gasteiger partial charge on any atom is 0.218 e. The molecule has 0 fully saturated rings. The number of anilines is 1. The summed E-state index contributed by atoms with van der Waals surface area (Å²) in [5, 5.41) is 0. The molecule has 0 aromatic heterocycles. The Kier molecular flexibility index (Phi) is 4.99. The standard InChI is InChI=1S/C14H14FNO2/c1-11(9-17)3-4-12(2)16(10-18)14-7-5-13(15)6-8-14/h3-10H,1-2H3/b11-3+,12-4-. The lowest BCUT2D eigenvalue weighted by Crippen LogP contribution is -2.18. The van der Waals surface area contributed by atoms with Gasteiger partial charge in [0, 0.05) is 11.4 Å². The van der Waals surface area contributed by atoms with Gasteiger partial charge < -0.3 is 0 Å². The van der Waals surface area contributed by atoms with Gasteiger partial charge in [0.15, 0.2) is 0 Å². The van der Waals surface area contributed by atoms with Gasteiger partial charge in [-0.25, -0.2) is 4.39 Å². The highest BCUT2D eigenvalue weighted by Gasteiger charge is 2.06. The number of carbonyl (C=O) groups is 2. The predicted octanol–water partition coefficient (Wildman–Crippen LogP) is 2.84. The molecule has 94 valence electrons. The van der Waals surface area contributed by atoms with Gasteiger partial charge in [-0.3, -0.25) is 14.5 Å². The highest BCUT2D eigenvalue weighted by Crippen LogP contribution is 2.17. The van der Waals surface area contributed by atoms with Crippen molar-refractivity contribution in [2.75, 3.05) is 4.90 Å². The summed E-state index contributed by atoms with van der Waals surface area (Å²) in [5.74, 6) is -0.358. The zero-order valence-corrected chi connectivity index (χ0v) is 10.3. The van der Waals surface area contributed by atoms with E-state index in [2.05, 4.69) is 0 Å². The second-order valence-electron chi connectivity index (χ2n) is 3.79. The van der Waals surface area contributed by atoms with E-state index in [0.29, 0.717) is 23.4 Å². The maximum absolute atomic E-state index is 12.8. The molecule has 1 amide bonds. The number of rotatable bonds is 5. The van der Waals surface area contributed by atoms with Gasteiger partial charge in [-0.15, -0.1) is 0 Å². The van der Waals surface area contributed by atoms with Crippen molar-refractivity contribution < 1.29 is 14.0 Å². The fourth-order valence-electron chi connectivity index (χ4n) is 1.32. The van der Waals surface area contributed by atoms with Crippen LogP contribution in [0.3, 0.4) is 0 Å². The highest BCUT2D eigenvalue weighted by atomic mass is 19.1. The van der Waals surface area contributed by atoms with Crippen molar-refractivity contribution in [2.45, 2.75) is 13.8 Å². The number of hydrogen-bond acceptors (Lipinski definition) is 2. The van der Waals surface area contributed by atoms with Gasteiger partial charge in [-0.2, -0.15) is 0 Å². The van der Waals surface area contributed by atoms with Crippen molar-refractivity contribution in [1.82, 2.24) is 0 Å². The van der Waals surface area contributed by atoms with E-state index in [4.69, 9.17) is 0 Å². The number of benzene rings is 1. The summed E-state index contributed by atoms with van der Waals surface area (Å²) in [5.41, 5.74) is 1.76. The first-order valence-corrected chi connectivity index (χ1v) is 5.39. The van der Waals surface area contributed by atoms with Gasteiger partial charge >= 0.3 is 0 Å². The largest absolute Gasteiger partial charge is 0.298 e. The molecule has 18 heavy (non-hydrogen) atoms. The fourth-order valence-corrected chi connectivity index (χ4v) is 1.32. The van der Waals surface area contributed by atoms with Crippen molar-refractivity contribution in [3.63, 3.8) is 0 Å². The normalized spacial score (nSPS) is 12.2. The second kappa shape index (κ2) is 6.49. The zero-order valence-electron chi connectivity index (χ0n) is 10.3. The van der Waals surface area contributed by atoms with Crippen LogP contribution in [-0.2, 0) is 9.59 Å². The van der Waals surface area contributed by atoms with Crippen molar-refractivity contribution in [1.29, 1.82) is 0 Å². The number of amides is 1. The summed E-state index contributed by atoms with van der Waals surface area (Å²) in [4.78, 5) is 22.9. The minimum Gasteiger partial charge on any atom is -0.298 e. The third kappa shape index (κ3) is 3.66. The van der Waals surface area contributed by atoms with Crippen LogP contribution in [0.1, 0.15) is 13.8 Å². The summed E-state index contributed by atoms with van der Waals surface area (Å²) >= 11 is 0. The molecule has 0 bridgehead atoms. The Hall–Kier alpha value is -2.23. The van der Waals surface area contributed by atoms with Crippen LogP contribution in [0.4, 0.5) is 10.1 Å². The predicted molar refractivity (Wildman–Crippen MR) is 68.5 cm³/mol. The number of carbonyl (C=O) groups excluding carboxylic acids is 2. The topological polar surface area (TPSA) is 37.4 Å². The van der Waals surface area contributed by atoms with E-state index >= 15 is 0 Å². The van der Waals surface area contributed by atoms with Crippen LogP contribution in [0.2, 0.25) is 0 Å². The van der Waals surface area contributed by atoms with E-state index in [1.54, 1.807) is 26.0 Å². The summed E-state index contributed by atoms with van der Waals surface area (Å²) in [6.07, 6.45) is 4.64. The maximum atomic E-state index is 12.8. The summed E-state index contributed by atoms with van der Waals surface area (Å²) < 4.78 is 12.8. The Bertz CT molecular complexity index is 489. The van der Waals surface area contributed by atoms with Crippen LogP contribution >= 0.6 is 0 Å². The molecule has 4 heteroatoms. The molecule has 0 radical (unpaired) electrons. The Morgan fingerprint density at radius 3 is 2.22 bits per heavy atom. The van der Waals surface area contributed by atoms with E-state index in [9.17, 15) is 14.0 Å². The number of hydrogen-bond donors (Lipinski definition) is 0. The van der Waals surface area contributed by atoms with Gasteiger partial charge in [-0.1, -0.05) is 6.08 Å². The molecule has 0 saturated carbocycles. The van der Waals surface area contributed by atoms with Crippen molar-refractivity contribution in [3.8, 4) is 0 Å². The smallest absolute Gasteiger partial charge is 0.218 e. The van der Waals surface area contributed by atoms with E-state index < -0.39 is 0 Å². The molecule has 0 N–H and O–H groups in total. The fraction of sp³-hybridized carbons (Fsp3) is 0.143. The molecule has 0 unspecified atom stereocenters. The average molecular weight is 247 g/mol. The molecular weight excluding hydrogens is 233 g/mol. The lowest BCUT2D eigenvalue weighted by atomic mass is 10.2. The third-order valence-electron chi connectivity index (χ3n) is 2.36. The van der Waals surface area contributed by atoms with Crippen molar-refractivity contribution in [3.05, 3.63) is 53.5 Å². The molecule has 0 aliphatic heterocycles. The molecule has 0 aliphatic rings. The Morgan fingerprint density at radius 1 is 1.11 bits per heavy atom. The quantitative estimate of drug-likeness (QED) is 0.456. The number of nitrogens with zero attached hydrogens (tertiary/aromatic N) is 1. The van der Waals surface area contributed by atoms with Crippen LogP contribution in [0.5, 0.6) is 0 Å². The van der Waals surface area contributed by atoms with Crippen molar-refractivity contribution in [2.24, 2.45) is 0 Å². The zero-order chi connectivity index (χ0) is 13.5.